The second-order valence-corrected chi connectivity index (χ2v) is 13.1. The Bertz CT molecular complexity index is 1620. The molecule has 4 aliphatic heterocycles. The maximum absolute atomic E-state index is 14.4. The second-order valence-electron chi connectivity index (χ2n) is 13.1. The summed E-state index contributed by atoms with van der Waals surface area (Å²) in [5.74, 6) is -0.260. The van der Waals surface area contributed by atoms with Gasteiger partial charge >= 0.3 is 6.03 Å². The predicted molar refractivity (Wildman–Crippen MR) is 182 cm³/mol. The van der Waals surface area contributed by atoms with Crippen molar-refractivity contribution in [2.75, 3.05) is 66.1 Å². The fourth-order valence-electron chi connectivity index (χ4n) is 7.25. The van der Waals surface area contributed by atoms with Crippen molar-refractivity contribution in [2.24, 2.45) is 0 Å². The molecule has 5 aliphatic rings. The van der Waals surface area contributed by atoms with E-state index in [0.717, 1.165) is 61.7 Å². The van der Waals surface area contributed by atoms with Gasteiger partial charge in [0, 0.05) is 58.9 Å². The van der Waals surface area contributed by atoms with E-state index in [2.05, 4.69) is 32.9 Å². The van der Waals surface area contributed by atoms with Crippen molar-refractivity contribution in [2.45, 2.75) is 31.2 Å². The predicted octanol–water partition coefficient (Wildman–Crippen LogP) is 1.27. The van der Waals surface area contributed by atoms with Gasteiger partial charge in [0.15, 0.2) is 0 Å². The van der Waals surface area contributed by atoms with E-state index >= 15 is 0 Å². The van der Waals surface area contributed by atoms with Crippen LogP contribution in [-0.2, 0) is 27.3 Å². The molecular formula is C36H44N8O5. The van der Waals surface area contributed by atoms with Crippen LogP contribution < -0.4 is 10.7 Å². The molecule has 13 heteroatoms. The number of amides is 4. The van der Waals surface area contributed by atoms with Crippen molar-refractivity contribution < 1.29 is 24.2 Å². The lowest BCUT2D eigenvalue weighted by Gasteiger charge is -2.54. The molecule has 3 fully saturated rings. The number of phenols is 1. The van der Waals surface area contributed by atoms with E-state index in [-0.39, 0.29) is 49.1 Å². The quantitative estimate of drug-likeness (QED) is 0.363. The van der Waals surface area contributed by atoms with E-state index in [1.165, 1.54) is 0 Å². The number of fused-ring (bicyclic) bond motifs is 2. The first-order chi connectivity index (χ1) is 23.8. The number of nitrogens with one attached hydrogen (secondary N) is 2. The summed E-state index contributed by atoms with van der Waals surface area (Å²) >= 11 is 0. The highest BCUT2D eigenvalue weighted by molar-refractivity contribution is 5.92. The Morgan fingerprint density at radius 3 is 2.57 bits per heavy atom. The number of hydrogen-bond acceptors (Lipinski definition) is 9. The van der Waals surface area contributed by atoms with Gasteiger partial charge in [0.25, 0.3) is 0 Å². The lowest BCUT2D eigenvalue weighted by molar-refractivity contribution is -0.186. The molecule has 258 valence electrons. The molecule has 0 radical (unpaired) electrons. The normalized spacial score (nSPS) is 24.5. The van der Waals surface area contributed by atoms with Crippen LogP contribution >= 0.6 is 0 Å². The van der Waals surface area contributed by atoms with Crippen molar-refractivity contribution in [3.05, 3.63) is 101 Å². The molecule has 2 aromatic rings. The number of carbonyl (C=O) groups excluding carboxylic acids is 3. The molecule has 0 spiro atoms. The van der Waals surface area contributed by atoms with Gasteiger partial charge in [0.2, 0.25) is 11.8 Å². The minimum atomic E-state index is -0.829. The number of aromatic hydroxyl groups is 1. The highest BCUT2D eigenvalue weighted by Gasteiger charge is 2.51. The number of urea groups is 1. The molecule has 2 aromatic carbocycles. The number of ether oxygens (including phenoxy) is 1. The average Bonchev–Trinajstić information content (AvgIpc) is 3.54. The van der Waals surface area contributed by atoms with Crippen LogP contribution in [0.25, 0.3) is 0 Å². The van der Waals surface area contributed by atoms with Crippen molar-refractivity contribution in [1.82, 2.24) is 40.5 Å². The molecule has 7 rings (SSSR count). The highest BCUT2D eigenvalue weighted by atomic mass is 16.5. The number of benzene rings is 2. The summed E-state index contributed by atoms with van der Waals surface area (Å²) in [7, 11) is 1.73. The SMILES string of the molecule is CN1CC(=O)N2[C@@H](Cc3ccc(O)cc3)C(=O)N(CC3=CC=C[C@@H]4NN(CCN5CCOCC5)C=C34)C[C@@H]2N1C(=O)NCc1ccccc1. The van der Waals surface area contributed by atoms with Crippen LogP contribution in [0.2, 0.25) is 0 Å². The van der Waals surface area contributed by atoms with E-state index in [0.29, 0.717) is 13.1 Å². The minimum absolute atomic E-state index is 0.00321. The van der Waals surface area contributed by atoms with Crippen molar-refractivity contribution in [3.63, 3.8) is 0 Å². The monoisotopic (exact) mass is 668 g/mol. The van der Waals surface area contributed by atoms with Crippen molar-refractivity contribution >= 4 is 17.8 Å². The number of likely N-dealkylation sites (N-methyl/N-ethyl adjacent to an activating group) is 1. The fourth-order valence-corrected chi connectivity index (χ4v) is 7.25. The molecule has 49 heavy (non-hydrogen) atoms. The number of rotatable bonds is 9. The van der Waals surface area contributed by atoms with Crippen LogP contribution in [0.3, 0.4) is 0 Å². The topological polar surface area (TPSA) is 124 Å². The number of morpholine rings is 1. The van der Waals surface area contributed by atoms with Gasteiger partial charge in [0.1, 0.15) is 18.0 Å². The molecule has 0 aromatic heterocycles. The number of hydrazine groups is 2. The summed E-state index contributed by atoms with van der Waals surface area (Å²) in [5, 5.41) is 18.3. The van der Waals surface area contributed by atoms with E-state index in [1.807, 2.05) is 42.5 Å². The maximum Gasteiger partial charge on any atom is 0.334 e. The summed E-state index contributed by atoms with van der Waals surface area (Å²) in [6.07, 6.45) is 7.86. The molecule has 13 nitrogen and oxygen atoms in total. The van der Waals surface area contributed by atoms with Gasteiger partial charge in [-0.3, -0.25) is 14.5 Å². The van der Waals surface area contributed by atoms with Crippen LogP contribution in [0.5, 0.6) is 5.75 Å². The third-order valence-corrected chi connectivity index (χ3v) is 9.83. The summed E-state index contributed by atoms with van der Waals surface area (Å²) in [5.41, 5.74) is 7.45. The average molecular weight is 669 g/mol. The van der Waals surface area contributed by atoms with Gasteiger partial charge in [-0.1, -0.05) is 60.7 Å². The van der Waals surface area contributed by atoms with Crippen LogP contribution in [0.1, 0.15) is 11.1 Å². The first-order valence-electron chi connectivity index (χ1n) is 17.0. The Kier molecular flexibility index (Phi) is 9.67. The smallest absolute Gasteiger partial charge is 0.334 e. The Hall–Kier alpha value is -4.69. The van der Waals surface area contributed by atoms with E-state index in [4.69, 9.17) is 4.74 Å². The minimum Gasteiger partial charge on any atom is -0.508 e. The standard InChI is InChI=1S/C36H44N8O5/c1-39-25-34(46)43-32(20-26-10-12-29(45)13-11-26)35(47)41(24-33(43)44(39)36(48)37-21-27-6-3-2-4-7-27)22-28-8-5-9-31-30(28)23-42(38-31)15-14-40-16-18-49-19-17-40/h2-13,23,31-33,38,45H,14-22,24-25H2,1H3,(H,37,48)/t31-,32-,33-/m0/s1. The first-order valence-corrected chi connectivity index (χ1v) is 17.0. The molecule has 3 N–H and O–H groups in total. The number of carbonyl (C=O) groups is 3. The molecule has 1 aliphatic carbocycles. The first kappa shape index (κ1) is 32.8. The number of hydrogen-bond donors (Lipinski definition) is 3. The highest BCUT2D eigenvalue weighted by Crippen LogP contribution is 2.31. The number of allylic oxidation sites excluding steroid dienone is 2. The third kappa shape index (κ3) is 7.20. The third-order valence-electron chi connectivity index (χ3n) is 9.83. The summed E-state index contributed by atoms with van der Waals surface area (Å²) in [6, 6.07) is 15.2. The largest absolute Gasteiger partial charge is 0.508 e. The van der Waals surface area contributed by atoms with Gasteiger partial charge < -0.3 is 30.0 Å². The molecule has 3 atom stereocenters. The van der Waals surface area contributed by atoms with E-state index in [1.54, 1.807) is 51.1 Å². The zero-order chi connectivity index (χ0) is 33.9. The Labute approximate surface area is 286 Å². The molecule has 4 amide bonds. The molecule has 0 saturated carbocycles. The molecular weight excluding hydrogens is 624 g/mol. The van der Waals surface area contributed by atoms with Crippen LogP contribution in [0, 0.1) is 0 Å². The van der Waals surface area contributed by atoms with E-state index in [9.17, 15) is 19.5 Å². The fraction of sp³-hybridized carbons (Fsp3) is 0.417. The second kappa shape index (κ2) is 14.4. The maximum atomic E-state index is 14.4. The number of piperazine rings is 1. The van der Waals surface area contributed by atoms with Gasteiger partial charge in [-0.2, -0.15) is 0 Å². The van der Waals surface area contributed by atoms with Crippen LogP contribution in [0.4, 0.5) is 4.79 Å². The van der Waals surface area contributed by atoms with Crippen LogP contribution in [0.15, 0.2) is 90.2 Å². The van der Waals surface area contributed by atoms with Crippen LogP contribution in [-0.4, -0.2) is 137 Å². The summed E-state index contributed by atoms with van der Waals surface area (Å²) in [6.45, 7) is 5.89. The molecule has 3 saturated heterocycles. The summed E-state index contributed by atoms with van der Waals surface area (Å²) in [4.78, 5) is 47.7. The summed E-state index contributed by atoms with van der Waals surface area (Å²) < 4.78 is 5.49. The van der Waals surface area contributed by atoms with Gasteiger partial charge in [-0.25, -0.2) is 20.2 Å². The van der Waals surface area contributed by atoms with Crippen molar-refractivity contribution in [3.8, 4) is 5.75 Å². The molecule has 0 unspecified atom stereocenters. The van der Waals surface area contributed by atoms with Gasteiger partial charge in [-0.05, 0) is 34.4 Å². The lowest BCUT2D eigenvalue weighted by Crippen LogP contribution is -2.76. The number of phenolic OH excluding ortho intramolecular Hbond substituents is 1. The van der Waals surface area contributed by atoms with Gasteiger partial charge in [-0.15, -0.1) is 0 Å². The number of nitrogens with zero attached hydrogens (tertiary/aromatic N) is 6. The Morgan fingerprint density at radius 2 is 1.80 bits per heavy atom. The van der Waals surface area contributed by atoms with Crippen molar-refractivity contribution in [1.29, 1.82) is 0 Å². The molecule has 4 heterocycles. The Balaban J connectivity index is 1.13. The lowest BCUT2D eigenvalue weighted by atomic mass is 9.93. The zero-order valence-electron chi connectivity index (χ0n) is 27.8. The van der Waals surface area contributed by atoms with E-state index < -0.39 is 12.2 Å². The molecule has 0 bridgehead atoms. The Morgan fingerprint density at radius 1 is 1.02 bits per heavy atom. The zero-order valence-corrected chi connectivity index (χ0v) is 27.8. The van der Waals surface area contributed by atoms with Gasteiger partial charge in [0.05, 0.1) is 32.3 Å².